The highest BCUT2D eigenvalue weighted by Gasteiger charge is 1.94. The third kappa shape index (κ3) is 1.96. The van der Waals surface area contributed by atoms with E-state index in [1.807, 2.05) is 6.92 Å². The fraction of sp³-hybridized carbons (Fsp3) is 0.333. The largest absolute Gasteiger partial charge is 0.370 e. The number of aromatic amines is 1. The number of hydrogen-bond donors (Lipinski definition) is 3. The van der Waals surface area contributed by atoms with Crippen molar-refractivity contribution in [3.8, 4) is 0 Å². The summed E-state index contributed by atoms with van der Waals surface area (Å²) in [4.78, 5) is 16.9. The second kappa shape index (κ2) is 3.05. The number of hydrogen-bond acceptors (Lipinski definition) is 4. The predicted octanol–water partition coefficient (Wildman–Crippen LogP) is -0.216. The minimum absolute atomic E-state index is 0.133. The molecule has 4 N–H and O–H groups in total. The van der Waals surface area contributed by atoms with Crippen LogP contribution >= 0.6 is 0 Å². The van der Waals surface area contributed by atoms with Crippen molar-refractivity contribution in [1.29, 1.82) is 0 Å². The lowest BCUT2D eigenvalue weighted by Gasteiger charge is -2.00. The molecule has 0 unspecified atom stereocenters. The summed E-state index contributed by atoms with van der Waals surface area (Å²) < 4.78 is 0. The Morgan fingerprint density at radius 2 is 2.55 bits per heavy atom. The number of nitrogens with one attached hydrogen (secondary N) is 2. The highest BCUT2D eigenvalue weighted by atomic mass is 16.1. The predicted molar refractivity (Wildman–Crippen MR) is 43.4 cm³/mol. The first kappa shape index (κ1) is 7.59. The Bertz CT molecular complexity index is 293. The summed E-state index contributed by atoms with van der Waals surface area (Å²) in [7, 11) is 0. The number of anilines is 2. The van der Waals surface area contributed by atoms with Gasteiger partial charge in [-0.25, -0.2) is 0 Å². The van der Waals surface area contributed by atoms with Crippen molar-refractivity contribution in [1.82, 2.24) is 9.97 Å². The zero-order valence-corrected chi connectivity index (χ0v) is 6.22. The second-order valence-corrected chi connectivity index (χ2v) is 2.05. The molecular formula is C6H10N4O. The molecule has 0 fully saturated rings. The van der Waals surface area contributed by atoms with Crippen LogP contribution in [0.5, 0.6) is 0 Å². The van der Waals surface area contributed by atoms with Gasteiger partial charge in [0, 0.05) is 12.6 Å². The molecule has 0 aromatic carbocycles. The number of nitrogens with two attached hydrogens (primary N) is 1. The smallest absolute Gasteiger partial charge is 0.254 e. The summed E-state index contributed by atoms with van der Waals surface area (Å²) in [5.41, 5.74) is 5.04. The highest BCUT2D eigenvalue weighted by molar-refractivity contribution is 5.36. The van der Waals surface area contributed by atoms with E-state index in [-0.39, 0.29) is 11.5 Å². The maximum absolute atomic E-state index is 10.8. The van der Waals surface area contributed by atoms with Crippen molar-refractivity contribution < 1.29 is 0 Å². The molecule has 0 saturated carbocycles. The number of nitrogen functional groups attached to an aromatic ring is 1. The normalized spacial score (nSPS) is 9.55. The third-order valence-electron chi connectivity index (χ3n) is 1.12. The maximum Gasteiger partial charge on any atom is 0.254 e. The average molecular weight is 154 g/mol. The minimum Gasteiger partial charge on any atom is -0.370 e. The van der Waals surface area contributed by atoms with Crippen molar-refractivity contribution in [2.75, 3.05) is 17.6 Å². The van der Waals surface area contributed by atoms with Crippen molar-refractivity contribution in [3.05, 3.63) is 16.4 Å². The molecular weight excluding hydrogens is 144 g/mol. The van der Waals surface area contributed by atoms with Gasteiger partial charge in [0.05, 0.1) is 0 Å². The van der Waals surface area contributed by atoms with Gasteiger partial charge in [0.15, 0.2) is 0 Å². The second-order valence-electron chi connectivity index (χ2n) is 2.05. The zero-order chi connectivity index (χ0) is 8.27. The molecule has 1 heterocycles. The van der Waals surface area contributed by atoms with Gasteiger partial charge in [-0.1, -0.05) is 0 Å². The number of rotatable bonds is 2. The SMILES string of the molecule is CCNc1cc(=O)[nH]c(N)n1. The molecule has 5 heteroatoms. The van der Waals surface area contributed by atoms with Crippen LogP contribution in [0.15, 0.2) is 10.9 Å². The lowest BCUT2D eigenvalue weighted by molar-refractivity contribution is 1.10. The van der Waals surface area contributed by atoms with Gasteiger partial charge in [-0.15, -0.1) is 0 Å². The van der Waals surface area contributed by atoms with E-state index in [9.17, 15) is 4.79 Å². The summed E-state index contributed by atoms with van der Waals surface area (Å²) in [5.74, 6) is 0.641. The van der Waals surface area contributed by atoms with E-state index in [4.69, 9.17) is 5.73 Å². The first-order chi connectivity index (χ1) is 5.22. The number of nitrogens with zero attached hydrogens (tertiary/aromatic N) is 1. The molecule has 5 nitrogen and oxygen atoms in total. The summed E-state index contributed by atoms with van der Waals surface area (Å²) in [5, 5.41) is 2.88. The van der Waals surface area contributed by atoms with Crippen LogP contribution in [-0.4, -0.2) is 16.5 Å². The first-order valence-electron chi connectivity index (χ1n) is 3.33. The standard InChI is InChI=1S/C6H10N4O/c1-2-8-4-3-5(11)10-6(7)9-4/h3H,2H2,1H3,(H4,7,8,9,10,11). The molecule has 1 aromatic heterocycles. The molecule has 1 aromatic rings. The van der Waals surface area contributed by atoms with E-state index < -0.39 is 0 Å². The Balaban J connectivity index is 2.99. The molecule has 0 aliphatic carbocycles. The summed E-state index contributed by atoms with van der Waals surface area (Å²) in [6.45, 7) is 2.63. The Labute approximate surface area is 63.7 Å². The maximum atomic E-state index is 10.8. The monoisotopic (exact) mass is 154 g/mol. The topological polar surface area (TPSA) is 83.8 Å². The number of aromatic nitrogens is 2. The van der Waals surface area contributed by atoms with Crippen LogP contribution in [0, 0.1) is 0 Å². The van der Waals surface area contributed by atoms with Gasteiger partial charge >= 0.3 is 0 Å². The van der Waals surface area contributed by atoms with Gasteiger partial charge in [0.25, 0.3) is 5.56 Å². The van der Waals surface area contributed by atoms with Crippen LogP contribution in [0.2, 0.25) is 0 Å². The van der Waals surface area contributed by atoms with E-state index in [0.717, 1.165) is 6.54 Å². The molecule has 1 rings (SSSR count). The molecule has 11 heavy (non-hydrogen) atoms. The Morgan fingerprint density at radius 3 is 3.09 bits per heavy atom. The van der Waals surface area contributed by atoms with Gasteiger partial charge < -0.3 is 11.1 Å². The average Bonchev–Trinajstić information content (AvgIpc) is 1.85. The van der Waals surface area contributed by atoms with Crippen LogP contribution in [-0.2, 0) is 0 Å². The third-order valence-corrected chi connectivity index (χ3v) is 1.12. The van der Waals surface area contributed by atoms with Gasteiger partial charge in [0.1, 0.15) is 5.82 Å². The van der Waals surface area contributed by atoms with Crippen molar-refractivity contribution in [2.24, 2.45) is 0 Å². The van der Waals surface area contributed by atoms with E-state index in [2.05, 4.69) is 15.3 Å². The first-order valence-corrected chi connectivity index (χ1v) is 3.33. The number of H-pyrrole nitrogens is 1. The lowest BCUT2D eigenvalue weighted by Crippen LogP contribution is -2.12. The lowest BCUT2D eigenvalue weighted by atomic mass is 10.5. The van der Waals surface area contributed by atoms with Gasteiger partial charge in [-0.05, 0) is 6.92 Å². The Kier molecular flexibility index (Phi) is 2.10. The minimum atomic E-state index is -0.242. The Hall–Kier alpha value is -1.52. The van der Waals surface area contributed by atoms with E-state index >= 15 is 0 Å². The zero-order valence-electron chi connectivity index (χ0n) is 6.22. The van der Waals surface area contributed by atoms with Crippen LogP contribution in [0.1, 0.15) is 6.92 Å². The van der Waals surface area contributed by atoms with E-state index in [0.29, 0.717) is 5.82 Å². The summed E-state index contributed by atoms with van der Waals surface area (Å²) in [6.07, 6.45) is 0. The van der Waals surface area contributed by atoms with Crippen LogP contribution in [0.4, 0.5) is 11.8 Å². The van der Waals surface area contributed by atoms with Crippen molar-refractivity contribution in [3.63, 3.8) is 0 Å². The van der Waals surface area contributed by atoms with E-state index in [1.165, 1.54) is 6.07 Å². The molecule has 0 radical (unpaired) electrons. The summed E-state index contributed by atoms with van der Waals surface area (Å²) >= 11 is 0. The van der Waals surface area contributed by atoms with E-state index in [1.54, 1.807) is 0 Å². The fourth-order valence-electron chi connectivity index (χ4n) is 0.748. The molecule has 0 spiro atoms. The van der Waals surface area contributed by atoms with Crippen molar-refractivity contribution >= 4 is 11.8 Å². The van der Waals surface area contributed by atoms with Crippen molar-refractivity contribution in [2.45, 2.75) is 6.92 Å². The molecule has 60 valence electrons. The quantitative estimate of drug-likeness (QED) is 0.550. The van der Waals surface area contributed by atoms with Crippen LogP contribution in [0.25, 0.3) is 0 Å². The highest BCUT2D eigenvalue weighted by Crippen LogP contribution is 1.97. The molecule has 0 amide bonds. The van der Waals surface area contributed by atoms with Gasteiger partial charge in [-0.2, -0.15) is 4.98 Å². The molecule has 0 saturated heterocycles. The van der Waals surface area contributed by atoms with Crippen LogP contribution < -0.4 is 16.6 Å². The van der Waals surface area contributed by atoms with Crippen LogP contribution in [0.3, 0.4) is 0 Å². The molecule has 0 bridgehead atoms. The molecule has 0 atom stereocenters. The Morgan fingerprint density at radius 1 is 1.82 bits per heavy atom. The molecule has 0 aliphatic heterocycles. The van der Waals surface area contributed by atoms with Gasteiger partial charge in [0.2, 0.25) is 5.95 Å². The molecule has 0 aliphatic rings. The fourth-order valence-corrected chi connectivity index (χ4v) is 0.748. The van der Waals surface area contributed by atoms with Gasteiger partial charge in [-0.3, -0.25) is 9.78 Å². The summed E-state index contributed by atoms with van der Waals surface area (Å²) in [6, 6.07) is 1.36.